The molecule has 1 aliphatic heterocycles. The molecule has 9 nitrogen and oxygen atoms in total. The topological polar surface area (TPSA) is 142 Å². The number of carboxylic acids is 2. The van der Waals surface area contributed by atoms with Gasteiger partial charge >= 0.3 is 18.1 Å². The van der Waals surface area contributed by atoms with Crippen LogP contribution in [-0.4, -0.2) is 57.5 Å². The summed E-state index contributed by atoms with van der Waals surface area (Å²) in [5, 5.41) is 26.5. The van der Waals surface area contributed by atoms with E-state index in [1.54, 1.807) is 6.07 Å². The summed E-state index contributed by atoms with van der Waals surface area (Å²) >= 11 is 0. The van der Waals surface area contributed by atoms with E-state index in [-0.39, 0.29) is 23.9 Å². The molecule has 0 radical (unpaired) electrons. The fourth-order valence-corrected chi connectivity index (χ4v) is 3.17. The Morgan fingerprint density at radius 1 is 1.34 bits per heavy atom. The predicted octanol–water partition coefficient (Wildman–Crippen LogP) is 1.76. The van der Waals surface area contributed by atoms with Crippen LogP contribution in [0.4, 0.5) is 13.2 Å². The zero-order valence-corrected chi connectivity index (χ0v) is 16.1. The number of nitrogens with one attached hydrogen (secondary N) is 2. The van der Waals surface area contributed by atoms with Gasteiger partial charge in [0, 0.05) is 31.0 Å². The quantitative estimate of drug-likeness (QED) is 0.542. The molecular formula is C17H24F3N3O6. The minimum Gasteiger partial charge on any atom is -0.480 e. The lowest BCUT2D eigenvalue weighted by molar-refractivity contribution is -0.192. The van der Waals surface area contributed by atoms with E-state index in [0.29, 0.717) is 12.3 Å². The molecule has 164 valence electrons. The monoisotopic (exact) mass is 423 g/mol. The minimum atomic E-state index is -5.08. The van der Waals surface area contributed by atoms with Gasteiger partial charge in [-0.1, -0.05) is 19.0 Å². The highest BCUT2D eigenvalue weighted by Gasteiger charge is 2.43. The summed E-state index contributed by atoms with van der Waals surface area (Å²) < 4.78 is 36.6. The number of carboxylic acid groups (broad SMARTS) is 2. The van der Waals surface area contributed by atoms with E-state index < -0.39 is 24.2 Å². The van der Waals surface area contributed by atoms with Crippen molar-refractivity contribution in [3.05, 3.63) is 18.0 Å². The average Bonchev–Trinajstić information content (AvgIpc) is 3.22. The molecule has 4 N–H and O–H groups in total. The van der Waals surface area contributed by atoms with Crippen LogP contribution < -0.4 is 10.6 Å². The predicted molar refractivity (Wildman–Crippen MR) is 93.0 cm³/mol. The van der Waals surface area contributed by atoms with Gasteiger partial charge in [-0.3, -0.25) is 14.9 Å². The molecule has 1 fully saturated rings. The number of carbonyl (C=O) groups excluding carboxylic acids is 1. The lowest BCUT2D eigenvalue weighted by Crippen LogP contribution is -2.51. The lowest BCUT2D eigenvalue weighted by atomic mass is 9.87. The molecule has 0 spiro atoms. The average molecular weight is 423 g/mol. The molecule has 1 saturated heterocycles. The summed E-state index contributed by atoms with van der Waals surface area (Å²) in [5.41, 5.74) is 0.723. The molecule has 12 heteroatoms. The van der Waals surface area contributed by atoms with E-state index in [2.05, 4.69) is 29.6 Å². The Kier molecular flexibility index (Phi) is 8.61. The van der Waals surface area contributed by atoms with Crippen LogP contribution in [0.3, 0.4) is 0 Å². The third kappa shape index (κ3) is 7.72. The number of hydrogen-bond donors (Lipinski definition) is 4. The molecule has 0 saturated carbocycles. The number of nitrogens with zero attached hydrogens (tertiary/aromatic N) is 1. The van der Waals surface area contributed by atoms with Crippen LogP contribution in [-0.2, 0) is 14.4 Å². The Morgan fingerprint density at radius 2 is 1.93 bits per heavy atom. The van der Waals surface area contributed by atoms with Gasteiger partial charge in [-0.05, 0) is 18.8 Å². The molecular weight excluding hydrogens is 399 g/mol. The van der Waals surface area contributed by atoms with Crippen molar-refractivity contribution in [1.29, 1.82) is 0 Å². The third-order valence-corrected chi connectivity index (χ3v) is 4.24. The van der Waals surface area contributed by atoms with Crippen molar-refractivity contribution in [3.8, 4) is 0 Å². The normalized spacial score (nSPS) is 22.5. The Labute approximate surface area is 164 Å². The van der Waals surface area contributed by atoms with Gasteiger partial charge in [-0.2, -0.15) is 13.2 Å². The largest absolute Gasteiger partial charge is 0.490 e. The van der Waals surface area contributed by atoms with E-state index in [1.807, 2.05) is 0 Å². The van der Waals surface area contributed by atoms with Crippen molar-refractivity contribution < 1.29 is 42.3 Å². The number of aromatic nitrogens is 1. The molecule has 2 heterocycles. The van der Waals surface area contributed by atoms with Crippen LogP contribution in [0.2, 0.25) is 0 Å². The first-order valence-corrected chi connectivity index (χ1v) is 8.79. The van der Waals surface area contributed by atoms with Crippen LogP contribution in [0.1, 0.15) is 45.2 Å². The van der Waals surface area contributed by atoms with Gasteiger partial charge in [-0.15, -0.1) is 0 Å². The van der Waals surface area contributed by atoms with Gasteiger partial charge in [0.25, 0.3) is 0 Å². The van der Waals surface area contributed by atoms with E-state index in [0.717, 1.165) is 12.1 Å². The second-order valence-corrected chi connectivity index (χ2v) is 7.09. The fourth-order valence-electron chi connectivity index (χ4n) is 3.17. The van der Waals surface area contributed by atoms with Crippen LogP contribution in [0.5, 0.6) is 0 Å². The Balaban J connectivity index is 0.000000516. The van der Waals surface area contributed by atoms with Crippen LogP contribution in [0, 0.1) is 5.92 Å². The molecule has 0 aliphatic carbocycles. The van der Waals surface area contributed by atoms with Crippen molar-refractivity contribution in [2.75, 3.05) is 0 Å². The summed E-state index contributed by atoms with van der Waals surface area (Å²) in [6, 6.07) is 0.778. The molecule has 2 rings (SSSR count). The lowest BCUT2D eigenvalue weighted by Gasteiger charge is -2.29. The molecule has 0 unspecified atom stereocenters. The van der Waals surface area contributed by atoms with E-state index in [9.17, 15) is 27.9 Å². The SMILES string of the molecule is CC(=O)N[C@@H](CC(C)C)[C@@H]1N[C@@H](C(=O)O)C[C@H]1c1ccon1.O=C(O)C(F)(F)F. The molecule has 1 aliphatic rings. The first kappa shape index (κ1) is 24.4. The maximum Gasteiger partial charge on any atom is 0.490 e. The molecule has 1 aromatic heterocycles. The Bertz CT molecular complexity index is 693. The van der Waals surface area contributed by atoms with E-state index in [1.165, 1.54) is 13.2 Å². The van der Waals surface area contributed by atoms with E-state index in [4.69, 9.17) is 14.4 Å². The van der Waals surface area contributed by atoms with Crippen molar-refractivity contribution >= 4 is 17.8 Å². The van der Waals surface area contributed by atoms with Crippen molar-refractivity contribution in [2.45, 2.75) is 63.8 Å². The number of hydrogen-bond acceptors (Lipinski definition) is 6. The van der Waals surface area contributed by atoms with Crippen LogP contribution in [0.25, 0.3) is 0 Å². The zero-order chi connectivity index (χ0) is 22.4. The Morgan fingerprint density at radius 3 is 2.31 bits per heavy atom. The van der Waals surface area contributed by atoms with Gasteiger partial charge in [0.05, 0.1) is 5.69 Å². The summed E-state index contributed by atoms with van der Waals surface area (Å²) in [7, 11) is 0. The maximum atomic E-state index is 11.5. The molecule has 0 bridgehead atoms. The summed E-state index contributed by atoms with van der Waals surface area (Å²) in [6.45, 7) is 5.62. The minimum absolute atomic E-state index is 0.101. The van der Waals surface area contributed by atoms with Gasteiger partial charge in [0.1, 0.15) is 12.3 Å². The summed E-state index contributed by atoms with van der Waals surface area (Å²) in [4.78, 5) is 31.7. The van der Waals surface area contributed by atoms with Crippen molar-refractivity contribution in [2.24, 2.45) is 5.92 Å². The number of alkyl halides is 3. The second-order valence-electron chi connectivity index (χ2n) is 7.09. The zero-order valence-electron chi connectivity index (χ0n) is 16.1. The summed E-state index contributed by atoms with van der Waals surface area (Å²) in [5.74, 6) is -3.49. The second kappa shape index (κ2) is 10.2. The standard InChI is InChI=1S/C15H23N3O4.C2HF3O2/c1-8(2)6-12(16-9(3)19)14-10(11-4-5-22-18-11)7-13(17-14)15(20)21;3-2(4,5)1(6)7/h4-5,8,10,12-14,17H,6-7H2,1-3H3,(H,16,19)(H,20,21);(H,6,7)/t10-,12-,13+,14+;/m0./s1. The first-order chi connectivity index (χ1) is 13.3. The van der Waals surface area contributed by atoms with Gasteiger partial charge in [0.15, 0.2) is 0 Å². The third-order valence-electron chi connectivity index (χ3n) is 4.24. The molecule has 1 amide bonds. The number of carbonyl (C=O) groups is 3. The highest BCUT2D eigenvalue weighted by Crippen LogP contribution is 2.33. The number of rotatable bonds is 6. The smallest absolute Gasteiger partial charge is 0.480 e. The maximum absolute atomic E-state index is 11.5. The number of halogens is 3. The van der Waals surface area contributed by atoms with E-state index >= 15 is 0 Å². The van der Waals surface area contributed by atoms with Gasteiger partial charge in [-0.25, -0.2) is 4.79 Å². The first-order valence-electron chi connectivity index (χ1n) is 8.79. The highest BCUT2D eigenvalue weighted by atomic mass is 19.4. The number of aliphatic carboxylic acids is 2. The molecule has 29 heavy (non-hydrogen) atoms. The number of amides is 1. The molecule has 0 aromatic carbocycles. The van der Waals surface area contributed by atoms with Gasteiger partial charge < -0.3 is 20.1 Å². The van der Waals surface area contributed by atoms with Gasteiger partial charge in [0.2, 0.25) is 5.91 Å². The fraction of sp³-hybridized carbons (Fsp3) is 0.647. The Hall–Kier alpha value is -2.63. The van der Waals surface area contributed by atoms with Crippen LogP contribution in [0.15, 0.2) is 16.9 Å². The van der Waals surface area contributed by atoms with Crippen molar-refractivity contribution in [1.82, 2.24) is 15.8 Å². The summed E-state index contributed by atoms with van der Waals surface area (Å²) in [6.07, 6.45) is -2.41. The highest BCUT2D eigenvalue weighted by molar-refractivity contribution is 5.75. The van der Waals surface area contributed by atoms with Crippen molar-refractivity contribution in [3.63, 3.8) is 0 Å². The molecule has 1 aromatic rings. The molecule has 4 atom stereocenters. The van der Waals surface area contributed by atoms with Crippen LogP contribution >= 0.6 is 0 Å².